The summed E-state index contributed by atoms with van der Waals surface area (Å²) in [7, 11) is -3.78. The summed E-state index contributed by atoms with van der Waals surface area (Å²) >= 11 is 6.15. The standard InChI is InChI=1S/C21H22ClNO6S/c1-14-4-6-18(7-5-14)30(25,26)23-8-2-3-19(23)21(24)28-12-16-10-17(22)9-15-11-27-13-29-20(15)16/h4-7,9-10,19H,2-3,8,11-13H2,1H3. The van der Waals surface area contributed by atoms with Crippen molar-refractivity contribution in [1.29, 1.82) is 0 Å². The zero-order valence-electron chi connectivity index (χ0n) is 16.5. The molecule has 4 rings (SSSR count). The van der Waals surface area contributed by atoms with Crippen LogP contribution in [0.25, 0.3) is 0 Å². The number of ether oxygens (including phenoxy) is 3. The van der Waals surface area contributed by atoms with E-state index in [1.807, 2.05) is 6.92 Å². The predicted molar refractivity (Wildman–Crippen MR) is 110 cm³/mol. The molecule has 0 N–H and O–H groups in total. The van der Waals surface area contributed by atoms with E-state index in [1.54, 1.807) is 36.4 Å². The molecule has 0 saturated carbocycles. The first-order valence-electron chi connectivity index (χ1n) is 9.63. The van der Waals surface area contributed by atoms with Crippen LogP contribution in [-0.4, -0.2) is 38.1 Å². The summed E-state index contributed by atoms with van der Waals surface area (Å²) in [6, 6.07) is 9.16. The van der Waals surface area contributed by atoms with Crippen molar-refractivity contribution in [3.8, 4) is 5.75 Å². The molecule has 160 valence electrons. The minimum Gasteiger partial charge on any atom is -0.467 e. The Labute approximate surface area is 180 Å². The summed E-state index contributed by atoms with van der Waals surface area (Å²) in [6.07, 6.45) is 1.01. The number of rotatable bonds is 5. The minimum atomic E-state index is -3.78. The summed E-state index contributed by atoms with van der Waals surface area (Å²) in [5.74, 6) is 0.0120. The van der Waals surface area contributed by atoms with E-state index in [1.165, 1.54) is 4.31 Å². The van der Waals surface area contributed by atoms with Crippen LogP contribution in [0.15, 0.2) is 41.3 Å². The highest BCUT2D eigenvalue weighted by atomic mass is 35.5. The van der Waals surface area contributed by atoms with E-state index < -0.39 is 22.0 Å². The normalized spacial score (nSPS) is 19.2. The molecule has 0 amide bonds. The number of hydrogen-bond donors (Lipinski definition) is 0. The summed E-state index contributed by atoms with van der Waals surface area (Å²) in [4.78, 5) is 13.0. The Bertz CT molecular complexity index is 1050. The lowest BCUT2D eigenvalue weighted by atomic mass is 10.1. The Morgan fingerprint density at radius 2 is 2.03 bits per heavy atom. The molecule has 2 heterocycles. The highest BCUT2D eigenvalue weighted by Crippen LogP contribution is 2.33. The lowest BCUT2D eigenvalue weighted by Crippen LogP contribution is -2.41. The molecule has 2 aliphatic heterocycles. The predicted octanol–water partition coefficient (Wildman–Crippen LogP) is 3.41. The lowest BCUT2D eigenvalue weighted by molar-refractivity contribution is -0.148. The van der Waals surface area contributed by atoms with Crippen molar-refractivity contribution in [3.05, 3.63) is 58.1 Å². The van der Waals surface area contributed by atoms with Crippen molar-refractivity contribution in [3.63, 3.8) is 0 Å². The molecule has 30 heavy (non-hydrogen) atoms. The van der Waals surface area contributed by atoms with Gasteiger partial charge in [0.25, 0.3) is 0 Å². The van der Waals surface area contributed by atoms with Gasteiger partial charge in [0.2, 0.25) is 10.0 Å². The smallest absolute Gasteiger partial charge is 0.324 e. The SMILES string of the molecule is Cc1ccc(S(=O)(=O)N2CCCC2C(=O)OCc2cc(Cl)cc3c2OCOC3)cc1. The zero-order chi connectivity index (χ0) is 21.3. The molecule has 2 aliphatic rings. The van der Waals surface area contributed by atoms with E-state index in [2.05, 4.69) is 0 Å². The van der Waals surface area contributed by atoms with E-state index >= 15 is 0 Å². The van der Waals surface area contributed by atoms with Gasteiger partial charge in [-0.15, -0.1) is 0 Å². The second-order valence-corrected chi connectivity index (χ2v) is 9.69. The molecular weight excluding hydrogens is 430 g/mol. The van der Waals surface area contributed by atoms with Gasteiger partial charge in [-0.25, -0.2) is 8.42 Å². The van der Waals surface area contributed by atoms with Crippen LogP contribution in [0.3, 0.4) is 0 Å². The van der Waals surface area contributed by atoms with Crippen LogP contribution in [-0.2, 0) is 37.5 Å². The Kier molecular flexibility index (Phi) is 6.02. The largest absolute Gasteiger partial charge is 0.467 e. The Morgan fingerprint density at radius 1 is 1.27 bits per heavy atom. The number of halogens is 1. The van der Waals surface area contributed by atoms with Gasteiger partial charge in [-0.3, -0.25) is 4.79 Å². The van der Waals surface area contributed by atoms with Crippen molar-refractivity contribution >= 4 is 27.6 Å². The number of hydrogen-bond acceptors (Lipinski definition) is 6. The Balaban J connectivity index is 1.50. The van der Waals surface area contributed by atoms with Gasteiger partial charge in [0.05, 0.1) is 11.5 Å². The van der Waals surface area contributed by atoms with Gasteiger partial charge in [0, 0.05) is 22.7 Å². The number of nitrogens with zero attached hydrogens (tertiary/aromatic N) is 1. The maximum atomic E-state index is 13.0. The summed E-state index contributed by atoms with van der Waals surface area (Å²) in [5.41, 5.74) is 2.37. The Morgan fingerprint density at radius 3 is 2.80 bits per heavy atom. The molecule has 1 atom stereocenters. The second kappa shape index (κ2) is 8.55. The van der Waals surface area contributed by atoms with E-state index in [4.69, 9.17) is 25.8 Å². The quantitative estimate of drug-likeness (QED) is 0.648. The van der Waals surface area contributed by atoms with Gasteiger partial charge in [0.1, 0.15) is 18.4 Å². The van der Waals surface area contributed by atoms with Gasteiger partial charge in [-0.05, 0) is 44.0 Å². The first-order valence-corrected chi connectivity index (χ1v) is 11.4. The molecule has 7 nitrogen and oxygen atoms in total. The molecule has 2 aromatic carbocycles. The number of sulfonamides is 1. The average molecular weight is 452 g/mol. The number of carbonyl (C=O) groups excluding carboxylic acids is 1. The highest BCUT2D eigenvalue weighted by molar-refractivity contribution is 7.89. The van der Waals surface area contributed by atoms with Crippen molar-refractivity contribution in [2.45, 2.75) is 43.9 Å². The molecule has 1 fully saturated rings. The third kappa shape index (κ3) is 4.18. The first kappa shape index (κ1) is 21.1. The molecular formula is C21H22ClNO6S. The molecule has 1 saturated heterocycles. The minimum absolute atomic E-state index is 0.0589. The highest BCUT2D eigenvalue weighted by Gasteiger charge is 2.40. The molecule has 9 heteroatoms. The molecule has 0 aliphatic carbocycles. The first-order chi connectivity index (χ1) is 14.4. The molecule has 0 bridgehead atoms. The van der Waals surface area contributed by atoms with E-state index in [9.17, 15) is 13.2 Å². The van der Waals surface area contributed by atoms with E-state index in [0.29, 0.717) is 35.8 Å². The number of fused-ring (bicyclic) bond motifs is 1. The monoisotopic (exact) mass is 451 g/mol. The van der Waals surface area contributed by atoms with Gasteiger partial charge < -0.3 is 14.2 Å². The van der Waals surface area contributed by atoms with Gasteiger partial charge >= 0.3 is 5.97 Å². The number of benzene rings is 2. The molecule has 0 spiro atoms. The van der Waals surface area contributed by atoms with E-state index in [-0.39, 0.29) is 24.8 Å². The van der Waals surface area contributed by atoms with Crippen molar-refractivity contribution < 1.29 is 27.4 Å². The zero-order valence-corrected chi connectivity index (χ0v) is 18.0. The molecule has 0 radical (unpaired) electrons. The number of aryl methyl sites for hydroxylation is 1. The van der Waals surface area contributed by atoms with Crippen molar-refractivity contribution in [2.75, 3.05) is 13.3 Å². The van der Waals surface area contributed by atoms with Crippen LogP contribution in [0.1, 0.15) is 29.5 Å². The van der Waals surface area contributed by atoms with Crippen molar-refractivity contribution in [1.82, 2.24) is 4.31 Å². The summed E-state index contributed by atoms with van der Waals surface area (Å²) in [6.45, 7) is 2.58. The third-order valence-corrected chi connectivity index (χ3v) is 7.37. The molecule has 2 aromatic rings. The maximum absolute atomic E-state index is 13.0. The fourth-order valence-electron chi connectivity index (χ4n) is 3.72. The Hall–Kier alpha value is -2.13. The maximum Gasteiger partial charge on any atom is 0.324 e. The molecule has 1 unspecified atom stereocenters. The van der Waals surface area contributed by atoms with Crippen molar-refractivity contribution in [2.24, 2.45) is 0 Å². The summed E-state index contributed by atoms with van der Waals surface area (Å²) < 4.78 is 43.6. The topological polar surface area (TPSA) is 82.1 Å². The van der Waals surface area contributed by atoms with Crippen LogP contribution < -0.4 is 4.74 Å². The number of carbonyl (C=O) groups is 1. The van der Waals surface area contributed by atoms with Crippen LogP contribution >= 0.6 is 11.6 Å². The fraction of sp³-hybridized carbons (Fsp3) is 0.381. The van der Waals surface area contributed by atoms with Crippen LogP contribution in [0.4, 0.5) is 0 Å². The lowest BCUT2D eigenvalue weighted by Gasteiger charge is -2.24. The summed E-state index contributed by atoms with van der Waals surface area (Å²) in [5, 5.41) is 0.485. The van der Waals surface area contributed by atoms with Gasteiger partial charge in [-0.2, -0.15) is 4.31 Å². The fourth-order valence-corrected chi connectivity index (χ4v) is 5.63. The van der Waals surface area contributed by atoms with Crippen LogP contribution in [0.5, 0.6) is 5.75 Å². The second-order valence-electron chi connectivity index (χ2n) is 7.36. The molecule has 0 aromatic heterocycles. The van der Waals surface area contributed by atoms with E-state index in [0.717, 1.165) is 11.1 Å². The van der Waals surface area contributed by atoms with Crippen LogP contribution in [0, 0.1) is 6.92 Å². The van der Waals surface area contributed by atoms with Crippen LogP contribution in [0.2, 0.25) is 5.02 Å². The third-order valence-electron chi connectivity index (χ3n) is 5.22. The average Bonchev–Trinajstić information content (AvgIpc) is 3.23. The van der Waals surface area contributed by atoms with Gasteiger partial charge in [0.15, 0.2) is 6.79 Å². The van der Waals surface area contributed by atoms with Gasteiger partial charge in [-0.1, -0.05) is 29.3 Å². The number of esters is 1.